The molecule has 0 amide bonds. The first-order chi connectivity index (χ1) is 49.7. The second kappa shape index (κ2) is 38.2. The number of nitrogens with zero attached hydrogens (tertiary/aromatic N) is 8. The van der Waals surface area contributed by atoms with Gasteiger partial charge in [0, 0.05) is 107 Å². The number of non-ortho nitro benzene ring substituents is 1. The van der Waals surface area contributed by atoms with Gasteiger partial charge in [-0.2, -0.15) is 31.8 Å². The maximum atomic E-state index is 12.9. The molecule has 4 heterocycles. The van der Waals surface area contributed by atoms with Crippen molar-refractivity contribution in [1.82, 2.24) is 0 Å². The molecule has 1 unspecified atom stereocenters. The number of benzene rings is 8. The number of aliphatic hydroxyl groups excluding tert-OH is 1. The number of fused-ring (bicyclic) bond motifs is 5. The van der Waals surface area contributed by atoms with Gasteiger partial charge in [-0.3, -0.25) is 24.4 Å². The summed E-state index contributed by atoms with van der Waals surface area (Å²) in [5.41, 5.74) is 10.1. The molecule has 1 N–H and O–H groups in total. The molecule has 0 spiro atoms. The Hall–Kier alpha value is -9.97. The van der Waals surface area contributed by atoms with Gasteiger partial charge in [-0.15, -0.1) is 5.11 Å². The van der Waals surface area contributed by atoms with Crippen molar-refractivity contribution >= 4 is 119 Å². The molecule has 0 saturated carbocycles. The number of aliphatic hydroxyl groups is 1. The van der Waals surface area contributed by atoms with Gasteiger partial charge in [-0.25, -0.2) is 8.78 Å². The zero-order chi connectivity index (χ0) is 75.4. The SMILES string of the molecule is CC(C)(C)C(O)=C(N=Nc1ccc([N+](=O)[O-])cc1)C(=O)F.CCC(=Cc1sc2ccccc2[n+]1CC)C=C1Sc2ccccc2N1CC.CCCCN1C(=Cc2ccc3ccccc3[n+]2CC)Sc2ccccc21.Cc1ccc(C(=O)c2ccc(N(C)C)cc2)c2ccccc12.F.FCC(F)C(F)(F)F. The third-order valence-electron chi connectivity index (χ3n) is 16.8. The quantitative estimate of drug-likeness (QED) is 0.0102. The van der Waals surface area contributed by atoms with E-state index < -0.39 is 46.9 Å². The summed E-state index contributed by atoms with van der Waals surface area (Å²) >= 11 is 5.65. The standard InChI is InChI=1S/C23H25N2S2.C23H25N2S.C20H19NO.C13H14FN3O4.C3H3F5.FH/c1-4-17(15-22-24(5-2)18-11-7-9-13-20(18)26-22)16-23-25(6-3)19-12-8-10-14-21(19)27-23;1-3-5-16-25-21-12-8-9-13-22(21)26-23(25)17-19-15-14-18-10-6-7-11-20(18)24(19)4-2;1-14-8-13-19(18-7-5-4-6-17(14)18)20(22)15-9-11-16(12-10-15)21(2)3;1-13(2,3)11(18)10(12(14)19)16-15-8-4-6-9(7-5-8)17(20)21;4-1-2(5)3(6,7)8;/h7-16H,4-6H2,1-3H3;6-15,17H,3-5,16H2,1-2H3;4-13H,1-3H3;4-7,18H,1-3H3;2H,1H2;1H/q2*+1;;;;. The number of aryl methyl sites for hydroxylation is 3. The summed E-state index contributed by atoms with van der Waals surface area (Å²) in [4.78, 5) is 43.3. The molecular weight excluding hydrogens is 1410 g/mol. The van der Waals surface area contributed by atoms with Crippen LogP contribution in [0, 0.1) is 22.5 Å². The highest BCUT2D eigenvalue weighted by Crippen LogP contribution is 2.48. The van der Waals surface area contributed by atoms with E-state index in [1.54, 1.807) is 20.8 Å². The fraction of sp³-hybridized carbons (Fsp3) is 0.268. The van der Waals surface area contributed by atoms with E-state index in [2.05, 4.69) is 204 Å². The largest absolute Gasteiger partial charge is 0.509 e. The van der Waals surface area contributed by atoms with Gasteiger partial charge >= 0.3 is 12.2 Å². The molecule has 12 rings (SSSR count). The highest BCUT2D eigenvalue weighted by atomic mass is 32.2. The Morgan fingerprint density at radius 2 is 1.29 bits per heavy atom. The van der Waals surface area contributed by atoms with Crippen LogP contribution in [0.1, 0.15) is 107 Å². The third-order valence-corrected chi connectivity index (χ3v) is 20.2. The summed E-state index contributed by atoms with van der Waals surface area (Å²) in [6.07, 6.45) is 2.19. The number of hydrogen-bond donors (Lipinski definition) is 1. The number of allylic oxidation sites excluding steroid dienone is 4. The van der Waals surface area contributed by atoms with Crippen LogP contribution in [0.15, 0.2) is 247 Å². The monoisotopic (exact) mass is 1490 g/mol. The lowest BCUT2D eigenvalue weighted by Gasteiger charge is -2.20. The van der Waals surface area contributed by atoms with Crippen LogP contribution in [0.5, 0.6) is 0 Å². The van der Waals surface area contributed by atoms with Gasteiger partial charge in [0.15, 0.2) is 5.78 Å². The minimum absolute atomic E-state index is 0. The number of thiazole rings is 1. The van der Waals surface area contributed by atoms with Gasteiger partial charge in [0.25, 0.3) is 10.7 Å². The van der Waals surface area contributed by atoms with Crippen molar-refractivity contribution in [3.8, 4) is 0 Å². The molecule has 550 valence electrons. The molecule has 105 heavy (non-hydrogen) atoms. The number of halogens is 7. The number of alkyl halides is 5. The Morgan fingerprint density at radius 3 is 1.85 bits per heavy atom. The molecule has 10 aromatic rings. The number of hydrogen-bond acceptors (Lipinski definition) is 13. The predicted octanol–water partition coefficient (Wildman–Crippen LogP) is 22.8. The molecule has 0 bridgehead atoms. The van der Waals surface area contributed by atoms with E-state index in [1.165, 1.54) is 111 Å². The van der Waals surface area contributed by atoms with Crippen molar-refractivity contribution in [3.05, 3.63) is 265 Å². The lowest BCUT2D eigenvalue weighted by molar-refractivity contribution is -0.669. The molecule has 0 radical (unpaired) electrons. The Balaban J connectivity index is 0.000000189. The molecule has 0 aliphatic carbocycles. The first-order valence-corrected chi connectivity index (χ1v) is 36.6. The van der Waals surface area contributed by atoms with E-state index in [1.807, 2.05) is 108 Å². The number of pyridine rings is 1. The van der Waals surface area contributed by atoms with E-state index in [0.29, 0.717) is 0 Å². The molecule has 13 nitrogen and oxygen atoms in total. The first kappa shape index (κ1) is 82.3. The number of aromatic nitrogens is 2. The van der Waals surface area contributed by atoms with Crippen molar-refractivity contribution in [2.75, 3.05) is 48.6 Å². The second-order valence-electron chi connectivity index (χ2n) is 25.2. The number of unbranched alkanes of at least 4 members (excludes halogenated alkanes) is 1. The summed E-state index contributed by atoms with van der Waals surface area (Å²) in [5, 5.41) is 34.7. The van der Waals surface area contributed by atoms with Crippen LogP contribution in [0.2, 0.25) is 0 Å². The Kier molecular flexibility index (Phi) is 29.9. The number of ketones is 1. The number of thioether (sulfide) groups is 2. The zero-order valence-electron chi connectivity index (χ0n) is 60.5. The molecule has 0 fully saturated rings. The number of azo groups is 1. The predicted molar refractivity (Wildman–Crippen MR) is 417 cm³/mol. The Labute approximate surface area is 621 Å². The molecule has 0 saturated heterocycles. The lowest BCUT2D eigenvalue weighted by Crippen LogP contribution is -2.37. The molecule has 2 aliphatic rings. The number of anilines is 3. The molecule has 23 heteroatoms. The number of para-hydroxylation sites is 4. The smallest absolute Gasteiger partial charge is 0.422 e. The van der Waals surface area contributed by atoms with Crippen LogP contribution >= 0.6 is 34.9 Å². The third kappa shape index (κ3) is 21.2. The molecule has 1 atom stereocenters. The highest BCUT2D eigenvalue weighted by Gasteiger charge is 2.40. The normalized spacial score (nSPS) is 13.9. The van der Waals surface area contributed by atoms with Crippen molar-refractivity contribution in [2.24, 2.45) is 15.6 Å². The van der Waals surface area contributed by atoms with E-state index in [4.69, 9.17) is 0 Å². The number of carbonyl (C=O) groups is 2. The van der Waals surface area contributed by atoms with Crippen molar-refractivity contribution < 1.29 is 59.8 Å². The van der Waals surface area contributed by atoms with Crippen LogP contribution < -0.4 is 23.8 Å². The summed E-state index contributed by atoms with van der Waals surface area (Å²) in [6.45, 7) is 20.0. The van der Waals surface area contributed by atoms with Crippen LogP contribution in [0.3, 0.4) is 0 Å². The first-order valence-electron chi connectivity index (χ1n) is 34.2. The Bertz CT molecular complexity index is 4820. The summed E-state index contributed by atoms with van der Waals surface area (Å²) < 4.78 is 73.5. The summed E-state index contributed by atoms with van der Waals surface area (Å²) in [6, 6.07) is 62.1. The highest BCUT2D eigenvalue weighted by molar-refractivity contribution is 8.04. The van der Waals surface area contributed by atoms with Crippen molar-refractivity contribution in [1.29, 1.82) is 0 Å². The van der Waals surface area contributed by atoms with E-state index in [9.17, 15) is 51.2 Å². The maximum absolute atomic E-state index is 12.9. The van der Waals surface area contributed by atoms with Crippen molar-refractivity contribution in [2.45, 2.75) is 117 Å². The van der Waals surface area contributed by atoms with Crippen LogP contribution in [0.4, 0.5) is 59.5 Å². The maximum Gasteiger partial charge on any atom is 0.422 e. The van der Waals surface area contributed by atoms with E-state index in [-0.39, 0.29) is 21.9 Å². The van der Waals surface area contributed by atoms with Gasteiger partial charge in [0.1, 0.15) is 30.2 Å². The topological polar surface area (TPSA) is 140 Å². The molecule has 2 aliphatic heterocycles. The average Bonchev–Trinajstić information content (AvgIpc) is 1.35. The zero-order valence-corrected chi connectivity index (χ0v) is 62.9. The minimum Gasteiger partial charge on any atom is -0.509 e. The van der Waals surface area contributed by atoms with Gasteiger partial charge in [0.05, 0.1) is 32.0 Å². The Morgan fingerprint density at radius 1 is 0.705 bits per heavy atom. The fourth-order valence-electron chi connectivity index (χ4n) is 11.2. The summed E-state index contributed by atoms with van der Waals surface area (Å²) in [7, 11) is 3.98. The number of carbonyl (C=O) groups excluding carboxylic acids is 2. The molecular formula is C82H87F7N8O5S3+2. The lowest BCUT2D eigenvalue weighted by atomic mass is 9.93. The number of nitro benzene ring substituents is 1. The van der Waals surface area contributed by atoms with Crippen LogP contribution in [-0.2, 0) is 17.9 Å². The number of nitro groups is 1. The van der Waals surface area contributed by atoms with Gasteiger partial charge in [-0.1, -0.05) is 161 Å². The summed E-state index contributed by atoms with van der Waals surface area (Å²) in [5.74, 6) is -0.456. The second-order valence-corrected chi connectivity index (χ2v) is 28.4. The molecule has 2 aromatic heterocycles. The van der Waals surface area contributed by atoms with Crippen molar-refractivity contribution in [3.63, 3.8) is 0 Å². The average molecular weight is 1490 g/mol. The fourth-order valence-corrected chi connectivity index (χ4v) is 14.8. The minimum atomic E-state index is -5.03. The van der Waals surface area contributed by atoms with E-state index >= 15 is 0 Å². The van der Waals surface area contributed by atoms with Crippen LogP contribution in [-0.4, -0.2) is 68.1 Å². The van der Waals surface area contributed by atoms with E-state index in [0.717, 1.165) is 60.2 Å². The van der Waals surface area contributed by atoms with Gasteiger partial charge in [0.2, 0.25) is 28.6 Å². The molecule has 8 aromatic carbocycles. The number of rotatable bonds is 18. The van der Waals surface area contributed by atoms with Gasteiger partial charge in [-0.05, 0) is 147 Å². The van der Waals surface area contributed by atoms with Crippen LogP contribution in [0.25, 0.3) is 44.0 Å². The van der Waals surface area contributed by atoms with Gasteiger partial charge < -0.3 is 19.8 Å².